The Balaban J connectivity index is 2.17. The summed E-state index contributed by atoms with van der Waals surface area (Å²) in [5.41, 5.74) is 5.37. The van der Waals surface area contributed by atoms with Gasteiger partial charge in [-0.1, -0.05) is 13.8 Å². The summed E-state index contributed by atoms with van der Waals surface area (Å²) in [4.78, 5) is 4.13. The SMILES string of the molecule is CC(C)(c1nc(N)no1)C1CCCNC1. The second-order valence-corrected chi connectivity index (χ2v) is 4.72. The Morgan fingerprint density at radius 1 is 1.53 bits per heavy atom. The van der Waals surface area contributed by atoms with Gasteiger partial charge in [0.15, 0.2) is 0 Å². The maximum atomic E-state index is 5.47. The predicted molar refractivity (Wildman–Crippen MR) is 57.3 cm³/mol. The second-order valence-electron chi connectivity index (χ2n) is 4.72. The van der Waals surface area contributed by atoms with Crippen LogP contribution in [0.25, 0.3) is 0 Å². The van der Waals surface area contributed by atoms with Gasteiger partial charge in [0.1, 0.15) is 0 Å². The largest absolute Gasteiger partial charge is 0.365 e. The number of nitrogens with zero attached hydrogens (tertiary/aromatic N) is 2. The van der Waals surface area contributed by atoms with Crippen molar-refractivity contribution in [2.75, 3.05) is 18.8 Å². The van der Waals surface area contributed by atoms with Crippen molar-refractivity contribution in [2.24, 2.45) is 5.92 Å². The van der Waals surface area contributed by atoms with Gasteiger partial charge in [-0.3, -0.25) is 0 Å². The molecule has 0 saturated carbocycles. The summed E-state index contributed by atoms with van der Waals surface area (Å²) in [5.74, 6) is 1.40. The smallest absolute Gasteiger partial charge is 0.260 e. The first-order valence-electron chi connectivity index (χ1n) is 5.41. The third kappa shape index (κ3) is 1.97. The van der Waals surface area contributed by atoms with Gasteiger partial charge >= 0.3 is 0 Å². The number of nitrogens with one attached hydrogen (secondary N) is 1. The molecule has 1 aromatic rings. The topological polar surface area (TPSA) is 77.0 Å². The lowest BCUT2D eigenvalue weighted by Crippen LogP contribution is -2.40. The predicted octanol–water partition coefficient (Wildman–Crippen LogP) is 0.929. The zero-order chi connectivity index (χ0) is 10.9. The van der Waals surface area contributed by atoms with Gasteiger partial charge in [-0.25, -0.2) is 0 Å². The molecule has 1 saturated heterocycles. The number of anilines is 1. The van der Waals surface area contributed by atoms with E-state index in [-0.39, 0.29) is 11.4 Å². The minimum Gasteiger partial charge on any atom is -0.365 e. The Labute approximate surface area is 89.4 Å². The number of piperidine rings is 1. The van der Waals surface area contributed by atoms with Crippen LogP contribution in [0.3, 0.4) is 0 Å². The minimum absolute atomic E-state index is 0.0992. The molecule has 0 bridgehead atoms. The van der Waals surface area contributed by atoms with Crippen LogP contribution in [0.5, 0.6) is 0 Å². The van der Waals surface area contributed by atoms with E-state index in [1.54, 1.807) is 0 Å². The van der Waals surface area contributed by atoms with E-state index >= 15 is 0 Å². The first kappa shape index (κ1) is 10.4. The lowest BCUT2D eigenvalue weighted by Gasteiger charge is -2.34. The molecule has 1 atom stereocenters. The zero-order valence-corrected chi connectivity index (χ0v) is 9.29. The maximum Gasteiger partial charge on any atom is 0.260 e. The summed E-state index contributed by atoms with van der Waals surface area (Å²) in [7, 11) is 0. The van der Waals surface area contributed by atoms with Crippen LogP contribution in [-0.2, 0) is 5.41 Å². The molecule has 5 heteroatoms. The zero-order valence-electron chi connectivity index (χ0n) is 9.29. The monoisotopic (exact) mass is 210 g/mol. The van der Waals surface area contributed by atoms with Crippen molar-refractivity contribution < 1.29 is 4.52 Å². The van der Waals surface area contributed by atoms with Gasteiger partial charge < -0.3 is 15.6 Å². The van der Waals surface area contributed by atoms with Gasteiger partial charge in [0.05, 0.1) is 0 Å². The molecule has 1 aliphatic heterocycles. The number of aromatic nitrogens is 2. The maximum absolute atomic E-state index is 5.47. The van der Waals surface area contributed by atoms with Gasteiger partial charge in [0.2, 0.25) is 5.89 Å². The van der Waals surface area contributed by atoms with E-state index in [0.29, 0.717) is 11.8 Å². The molecule has 1 aliphatic rings. The minimum atomic E-state index is -0.0992. The van der Waals surface area contributed by atoms with E-state index in [0.717, 1.165) is 13.1 Å². The highest BCUT2D eigenvalue weighted by Crippen LogP contribution is 2.34. The van der Waals surface area contributed by atoms with Crippen LogP contribution < -0.4 is 11.1 Å². The summed E-state index contributed by atoms with van der Waals surface area (Å²) in [5, 5.41) is 7.05. The van der Waals surface area contributed by atoms with Gasteiger partial charge in [-0.05, 0) is 37.0 Å². The van der Waals surface area contributed by atoms with E-state index in [1.165, 1.54) is 12.8 Å². The average Bonchev–Trinajstić information content (AvgIpc) is 2.67. The van der Waals surface area contributed by atoms with Crippen LogP contribution in [0.4, 0.5) is 5.95 Å². The molecular weight excluding hydrogens is 192 g/mol. The highest BCUT2D eigenvalue weighted by molar-refractivity contribution is 5.15. The summed E-state index contributed by atoms with van der Waals surface area (Å²) >= 11 is 0. The average molecular weight is 210 g/mol. The fourth-order valence-electron chi connectivity index (χ4n) is 2.14. The molecule has 3 N–H and O–H groups in total. The second kappa shape index (κ2) is 3.81. The van der Waals surface area contributed by atoms with Crippen LogP contribution in [0.2, 0.25) is 0 Å². The summed E-state index contributed by atoms with van der Waals surface area (Å²) in [6.07, 6.45) is 2.40. The lowest BCUT2D eigenvalue weighted by atomic mass is 9.75. The molecule has 1 fully saturated rings. The molecule has 0 amide bonds. The molecular formula is C10H18N4O. The first-order valence-corrected chi connectivity index (χ1v) is 5.41. The van der Waals surface area contributed by atoms with Crippen molar-refractivity contribution in [1.29, 1.82) is 0 Å². The van der Waals surface area contributed by atoms with Gasteiger partial charge in [0.25, 0.3) is 5.95 Å². The number of hydrogen-bond donors (Lipinski definition) is 2. The van der Waals surface area contributed by atoms with Crippen LogP contribution in [0.1, 0.15) is 32.6 Å². The molecule has 1 aromatic heterocycles. The number of rotatable bonds is 2. The van der Waals surface area contributed by atoms with Crippen LogP contribution in [0.15, 0.2) is 4.52 Å². The lowest BCUT2D eigenvalue weighted by molar-refractivity contribution is 0.196. The van der Waals surface area contributed by atoms with Gasteiger partial charge in [-0.2, -0.15) is 4.98 Å². The van der Waals surface area contributed by atoms with Crippen molar-refractivity contribution in [3.05, 3.63) is 5.89 Å². The number of hydrogen-bond acceptors (Lipinski definition) is 5. The number of nitrogen functional groups attached to an aromatic ring is 1. The van der Waals surface area contributed by atoms with E-state index < -0.39 is 0 Å². The Kier molecular flexibility index (Phi) is 2.65. The van der Waals surface area contributed by atoms with Crippen LogP contribution in [0, 0.1) is 5.92 Å². The van der Waals surface area contributed by atoms with Crippen molar-refractivity contribution in [2.45, 2.75) is 32.1 Å². The fraction of sp³-hybridized carbons (Fsp3) is 0.800. The Hall–Kier alpha value is -1.10. The van der Waals surface area contributed by atoms with E-state index in [1.807, 2.05) is 0 Å². The Morgan fingerprint density at radius 2 is 2.33 bits per heavy atom. The summed E-state index contributed by atoms with van der Waals surface area (Å²) < 4.78 is 5.17. The van der Waals surface area contributed by atoms with Gasteiger partial charge in [0, 0.05) is 5.41 Å². The molecule has 1 unspecified atom stereocenters. The molecule has 0 aliphatic carbocycles. The molecule has 2 heterocycles. The third-order valence-electron chi connectivity index (χ3n) is 3.31. The van der Waals surface area contributed by atoms with Crippen molar-refractivity contribution in [1.82, 2.24) is 15.5 Å². The van der Waals surface area contributed by atoms with Gasteiger partial charge in [-0.15, -0.1) is 0 Å². The fourth-order valence-corrected chi connectivity index (χ4v) is 2.14. The standard InChI is InChI=1S/C10H18N4O/c1-10(2,7-4-3-5-12-6-7)8-13-9(11)14-15-8/h7,12H,3-6H2,1-2H3,(H2,11,14). The third-order valence-corrected chi connectivity index (χ3v) is 3.31. The summed E-state index contributed by atoms with van der Waals surface area (Å²) in [6, 6.07) is 0. The highest BCUT2D eigenvalue weighted by Gasteiger charge is 2.36. The van der Waals surface area contributed by atoms with E-state index in [2.05, 4.69) is 29.3 Å². The molecule has 0 radical (unpaired) electrons. The number of nitrogens with two attached hydrogens (primary N) is 1. The quantitative estimate of drug-likeness (QED) is 0.759. The van der Waals surface area contributed by atoms with E-state index in [9.17, 15) is 0 Å². The molecule has 0 aromatic carbocycles. The van der Waals surface area contributed by atoms with Crippen LogP contribution in [-0.4, -0.2) is 23.2 Å². The van der Waals surface area contributed by atoms with Crippen LogP contribution >= 0.6 is 0 Å². The molecule has 0 spiro atoms. The first-order chi connectivity index (χ1) is 7.10. The van der Waals surface area contributed by atoms with E-state index in [4.69, 9.17) is 10.3 Å². The van der Waals surface area contributed by atoms with Crippen molar-refractivity contribution in [3.8, 4) is 0 Å². The van der Waals surface area contributed by atoms with Crippen molar-refractivity contribution >= 4 is 5.95 Å². The Morgan fingerprint density at radius 3 is 2.87 bits per heavy atom. The molecule has 84 valence electrons. The molecule has 15 heavy (non-hydrogen) atoms. The highest BCUT2D eigenvalue weighted by atomic mass is 16.5. The molecule has 2 rings (SSSR count). The van der Waals surface area contributed by atoms with Crippen molar-refractivity contribution in [3.63, 3.8) is 0 Å². The summed E-state index contributed by atoms with van der Waals surface area (Å²) in [6.45, 7) is 6.39. The normalized spacial score (nSPS) is 22.9. The molecule has 5 nitrogen and oxygen atoms in total. The Bertz CT molecular complexity index is 328.